The lowest BCUT2D eigenvalue weighted by molar-refractivity contribution is 0.227. The molecule has 0 unspecified atom stereocenters. The lowest BCUT2D eigenvalue weighted by Gasteiger charge is -2.15. The molecule has 0 saturated heterocycles. The summed E-state index contributed by atoms with van der Waals surface area (Å²) >= 11 is 0. The molecule has 1 aromatic rings. The minimum atomic E-state index is 0.194. The Morgan fingerprint density at radius 2 is 1.94 bits per heavy atom. The second-order valence-electron chi connectivity index (χ2n) is 4.94. The molecular formula is C14H21NO2. The molecule has 1 fully saturated rings. The van der Waals surface area contributed by atoms with Gasteiger partial charge in [-0.2, -0.15) is 0 Å². The van der Waals surface area contributed by atoms with E-state index in [4.69, 9.17) is 15.6 Å². The summed E-state index contributed by atoms with van der Waals surface area (Å²) in [6, 6.07) is 7.97. The van der Waals surface area contributed by atoms with Gasteiger partial charge >= 0.3 is 0 Å². The van der Waals surface area contributed by atoms with Crippen molar-refractivity contribution in [1.82, 2.24) is 0 Å². The van der Waals surface area contributed by atoms with E-state index in [1.165, 1.54) is 12.8 Å². The van der Waals surface area contributed by atoms with Crippen molar-refractivity contribution >= 4 is 0 Å². The Morgan fingerprint density at radius 3 is 2.47 bits per heavy atom. The number of hydrogen-bond acceptors (Lipinski definition) is 3. The van der Waals surface area contributed by atoms with E-state index in [-0.39, 0.29) is 6.61 Å². The van der Waals surface area contributed by atoms with E-state index >= 15 is 0 Å². The number of nitrogens with two attached hydrogens (primary N) is 1. The molecule has 1 aliphatic carbocycles. The highest BCUT2D eigenvalue weighted by atomic mass is 16.5. The predicted molar refractivity (Wildman–Crippen MR) is 68.1 cm³/mol. The number of benzene rings is 1. The Balaban J connectivity index is 1.83. The van der Waals surface area contributed by atoms with Crippen LogP contribution in [0, 0.1) is 5.41 Å². The second kappa shape index (κ2) is 5.52. The van der Waals surface area contributed by atoms with Gasteiger partial charge in [0.1, 0.15) is 5.75 Å². The number of aliphatic hydroxyl groups excluding tert-OH is 1. The maximum atomic E-state index is 8.82. The molecule has 1 aliphatic rings. The summed E-state index contributed by atoms with van der Waals surface area (Å²) < 4.78 is 5.80. The van der Waals surface area contributed by atoms with Crippen LogP contribution in [0.15, 0.2) is 24.3 Å². The SMILES string of the molecule is NCCC1(COc2ccc(CCO)cc2)CC1. The van der Waals surface area contributed by atoms with Crippen LogP contribution < -0.4 is 10.5 Å². The topological polar surface area (TPSA) is 55.5 Å². The molecule has 2 rings (SSSR count). The molecule has 94 valence electrons. The average Bonchev–Trinajstić information content (AvgIpc) is 3.10. The first-order valence-corrected chi connectivity index (χ1v) is 6.31. The fraction of sp³-hybridized carbons (Fsp3) is 0.571. The van der Waals surface area contributed by atoms with Gasteiger partial charge in [0.25, 0.3) is 0 Å². The summed E-state index contributed by atoms with van der Waals surface area (Å²) in [6.45, 7) is 1.72. The molecule has 17 heavy (non-hydrogen) atoms. The zero-order valence-electron chi connectivity index (χ0n) is 10.2. The van der Waals surface area contributed by atoms with Gasteiger partial charge in [0.15, 0.2) is 0 Å². The smallest absolute Gasteiger partial charge is 0.119 e. The van der Waals surface area contributed by atoms with E-state index in [9.17, 15) is 0 Å². The molecule has 3 N–H and O–H groups in total. The van der Waals surface area contributed by atoms with Crippen molar-refractivity contribution in [2.75, 3.05) is 19.8 Å². The first kappa shape index (κ1) is 12.4. The normalized spacial score (nSPS) is 16.8. The first-order chi connectivity index (χ1) is 8.28. The third kappa shape index (κ3) is 3.45. The van der Waals surface area contributed by atoms with Crippen LogP contribution in [0.5, 0.6) is 5.75 Å². The maximum Gasteiger partial charge on any atom is 0.119 e. The number of hydrogen-bond donors (Lipinski definition) is 2. The zero-order chi connectivity index (χ0) is 12.1. The van der Waals surface area contributed by atoms with E-state index in [2.05, 4.69) is 0 Å². The Bertz CT molecular complexity index is 344. The summed E-state index contributed by atoms with van der Waals surface area (Å²) in [4.78, 5) is 0. The molecule has 0 aromatic heterocycles. The highest BCUT2D eigenvalue weighted by molar-refractivity contribution is 5.27. The molecule has 0 atom stereocenters. The van der Waals surface area contributed by atoms with Crippen LogP contribution in [0.3, 0.4) is 0 Å². The molecule has 0 aliphatic heterocycles. The van der Waals surface area contributed by atoms with Gasteiger partial charge in [-0.15, -0.1) is 0 Å². The van der Waals surface area contributed by atoms with E-state index in [0.717, 1.165) is 30.9 Å². The summed E-state index contributed by atoms with van der Waals surface area (Å²) in [6.07, 6.45) is 4.26. The number of ether oxygens (including phenoxy) is 1. The Kier molecular flexibility index (Phi) is 4.02. The van der Waals surface area contributed by atoms with Gasteiger partial charge in [0.2, 0.25) is 0 Å². The molecule has 1 aromatic carbocycles. The molecule has 3 heteroatoms. The summed E-state index contributed by atoms with van der Waals surface area (Å²) in [5.41, 5.74) is 7.10. The Hall–Kier alpha value is -1.06. The molecular weight excluding hydrogens is 214 g/mol. The molecule has 1 saturated carbocycles. The van der Waals surface area contributed by atoms with Crippen molar-refractivity contribution in [3.8, 4) is 5.75 Å². The molecule has 0 bridgehead atoms. The minimum absolute atomic E-state index is 0.194. The highest BCUT2D eigenvalue weighted by Crippen LogP contribution is 2.48. The summed E-state index contributed by atoms with van der Waals surface area (Å²) in [5.74, 6) is 0.912. The lowest BCUT2D eigenvalue weighted by atomic mass is 10.0. The molecule has 3 nitrogen and oxygen atoms in total. The Morgan fingerprint density at radius 1 is 1.24 bits per heavy atom. The fourth-order valence-electron chi connectivity index (χ4n) is 2.07. The molecule has 0 radical (unpaired) electrons. The van der Waals surface area contributed by atoms with Gasteiger partial charge in [0, 0.05) is 12.0 Å². The van der Waals surface area contributed by atoms with Crippen LogP contribution in [0.25, 0.3) is 0 Å². The standard InChI is InChI=1S/C14H21NO2/c15-9-8-14(6-7-14)11-17-13-3-1-12(2-4-13)5-10-16/h1-4,16H,5-11,15H2. The third-order valence-corrected chi connectivity index (χ3v) is 3.50. The summed E-state index contributed by atoms with van der Waals surface area (Å²) in [7, 11) is 0. The molecule has 0 spiro atoms. The number of rotatable bonds is 7. The zero-order valence-corrected chi connectivity index (χ0v) is 10.2. The summed E-state index contributed by atoms with van der Waals surface area (Å²) in [5, 5.41) is 8.82. The second-order valence-corrected chi connectivity index (χ2v) is 4.94. The predicted octanol–water partition coefficient (Wildman–Crippen LogP) is 1.73. The van der Waals surface area contributed by atoms with Gasteiger partial charge in [-0.25, -0.2) is 0 Å². The van der Waals surface area contributed by atoms with E-state index in [1.54, 1.807) is 0 Å². The van der Waals surface area contributed by atoms with E-state index < -0.39 is 0 Å². The lowest BCUT2D eigenvalue weighted by Crippen LogP contribution is -2.17. The van der Waals surface area contributed by atoms with Gasteiger partial charge in [-0.3, -0.25) is 0 Å². The van der Waals surface area contributed by atoms with Crippen molar-refractivity contribution in [3.63, 3.8) is 0 Å². The Labute approximate surface area is 103 Å². The van der Waals surface area contributed by atoms with E-state index in [0.29, 0.717) is 11.8 Å². The van der Waals surface area contributed by atoms with Crippen molar-refractivity contribution in [1.29, 1.82) is 0 Å². The van der Waals surface area contributed by atoms with Crippen LogP contribution in [0.4, 0.5) is 0 Å². The van der Waals surface area contributed by atoms with Gasteiger partial charge in [0.05, 0.1) is 6.61 Å². The molecule has 0 heterocycles. The monoisotopic (exact) mass is 235 g/mol. The van der Waals surface area contributed by atoms with Crippen molar-refractivity contribution in [2.45, 2.75) is 25.7 Å². The van der Waals surface area contributed by atoms with Crippen molar-refractivity contribution in [2.24, 2.45) is 11.1 Å². The van der Waals surface area contributed by atoms with Crippen LogP contribution in [0.2, 0.25) is 0 Å². The van der Waals surface area contributed by atoms with E-state index in [1.807, 2.05) is 24.3 Å². The van der Waals surface area contributed by atoms with Crippen LogP contribution in [-0.2, 0) is 6.42 Å². The quantitative estimate of drug-likeness (QED) is 0.756. The largest absolute Gasteiger partial charge is 0.493 e. The maximum absolute atomic E-state index is 8.82. The minimum Gasteiger partial charge on any atom is -0.493 e. The highest BCUT2D eigenvalue weighted by Gasteiger charge is 2.42. The average molecular weight is 235 g/mol. The molecule has 0 amide bonds. The van der Waals surface area contributed by atoms with Crippen molar-refractivity contribution in [3.05, 3.63) is 29.8 Å². The number of aliphatic hydroxyl groups is 1. The van der Waals surface area contributed by atoms with Gasteiger partial charge in [-0.05, 0) is 49.9 Å². The van der Waals surface area contributed by atoms with Gasteiger partial charge in [-0.1, -0.05) is 12.1 Å². The fourth-order valence-corrected chi connectivity index (χ4v) is 2.07. The van der Waals surface area contributed by atoms with Gasteiger partial charge < -0.3 is 15.6 Å². The third-order valence-electron chi connectivity index (χ3n) is 3.50. The van der Waals surface area contributed by atoms with Crippen LogP contribution >= 0.6 is 0 Å². The van der Waals surface area contributed by atoms with Crippen molar-refractivity contribution < 1.29 is 9.84 Å². The van der Waals surface area contributed by atoms with Crippen LogP contribution in [0.1, 0.15) is 24.8 Å². The van der Waals surface area contributed by atoms with Crippen LogP contribution in [-0.4, -0.2) is 24.9 Å². The first-order valence-electron chi connectivity index (χ1n) is 6.31.